The van der Waals surface area contributed by atoms with Crippen molar-refractivity contribution >= 4 is 5.91 Å². The maximum atomic E-state index is 12.1. The Labute approximate surface area is 135 Å². The monoisotopic (exact) mass is 314 g/mol. The molecule has 0 unspecified atom stereocenters. The SMILES string of the molecule is Cn1cccc1C(=O)NCc1cnc([C@@]2(C)CCCCO2)nc1. The molecule has 0 spiro atoms. The number of aromatic nitrogens is 3. The zero-order chi connectivity index (χ0) is 16.3. The van der Waals surface area contributed by atoms with Crippen molar-refractivity contribution in [3.8, 4) is 0 Å². The quantitative estimate of drug-likeness (QED) is 0.939. The molecule has 3 rings (SSSR count). The van der Waals surface area contributed by atoms with E-state index in [1.165, 1.54) is 0 Å². The number of rotatable bonds is 4. The number of carbonyl (C=O) groups excluding carboxylic acids is 1. The normalized spacial score (nSPS) is 21.1. The fourth-order valence-corrected chi connectivity index (χ4v) is 2.80. The summed E-state index contributed by atoms with van der Waals surface area (Å²) in [6, 6.07) is 3.63. The van der Waals surface area contributed by atoms with Gasteiger partial charge in [0.25, 0.3) is 5.91 Å². The first-order chi connectivity index (χ1) is 11.1. The molecule has 0 aromatic carbocycles. The number of hydrogen-bond donors (Lipinski definition) is 1. The van der Waals surface area contributed by atoms with Crippen LogP contribution in [-0.2, 0) is 23.9 Å². The minimum Gasteiger partial charge on any atom is -0.367 e. The summed E-state index contributed by atoms with van der Waals surface area (Å²) in [5.41, 5.74) is 1.12. The van der Waals surface area contributed by atoms with Gasteiger partial charge in [-0.05, 0) is 38.3 Å². The molecule has 0 bridgehead atoms. The van der Waals surface area contributed by atoms with E-state index in [2.05, 4.69) is 15.3 Å². The smallest absolute Gasteiger partial charge is 0.268 e. The van der Waals surface area contributed by atoms with E-state index in [0.717, 1.165) is 37.3 Å². The fourth-order valence-electron chi connectivity index (χ4n) is 2.80. The van der Waals surface area contributed by atoms with Crippen LogP contribution in [0.25, 0.3) is 0 Å². The van der Waals surface area contributed by atoms with Gasteiger partial charge in [-0.2, -0.15) is 0 Å². The molecule has 23 heavy (non-hydrogen) atoms. The molecule has 6 heteroatoms. The van der Waals surface area contributed by atoms with Crippen LogP contribution in [0.15, 0.2) is 30.7 Å². The van der Waals surface area contributed by atoms with Gasteiger partial charge < -0.3 is 14.6 Å². The van der Waals surface area contributed by atoms with Crippen LogP contribution in [0.2, 0.25) is 0 Å². The third-order valence-corrected chi connectivity index (χ3v) is 4.28. The average molecular weight is 314 g/mol. The Balaban J connectivity index is 1.61. The van der Waals surface area contributed by atoms with Crippen molar-refractivity contribution in [3.63, 3.8) is 0 Å². The van der Waals surface area contributed by atoms with Gasteiger partial charge in [-0.3, -0.25) is 4.79 Å². The fraction of sp³-hybridized carbons (Fsp3) is 0.471. The second-order valence-corrected chi connectivity index (χ2v) is 6.14. The second kappa shape index (κ2) is 6.50. The number of nitrogens with zero attached hydrogens (tertiary/aromatic N) is 3. The molecule has 2 aromatic heterocycles. The number of nitrogens with one attached hydrogen (secondary N) is 1. The number of hydrogen-bond acceptors (Lipinski definition) is 4. The van der Waals surface area contributed by atoms with E-state index in [9.17, 15) is 4.79 Å². The molecular formula is C17H22N4O2. The summed E-state index contributed by atoms with van der Waals surface area (Å²) in [5.74, 6) is 0.610. The summed E-state index contributed by atoms with van der Waals surface area (Å²) in [5, 5.41) is 2.88. The number of amides is 1. The van der Waals surface area contributed by atoms with E-state index in [1.54, 1.807) is 23.0 Å². The van der Waals surface area contributed by atoms with Crippen molar-refractivity contribution in [2.24, 2.45) is 7.05 Å². The Hall–Kier alpha value is -2.21. The van der Waals surface area contributed by atoms with Crippen LogP contribution in [0.4, 0.5) is 0 Å². The first-order valence-electron chi connectivity index (χ1n) is 7.93. The van der Waals surface area contributed by atoms with Gasteiger partial charge in [0.15, 0.2) is 5.82 Å². The molecule has 1 fully saturated rings. The lowest BCUT2D eigenvalue weighted by molar-refractivity contribution is -0.0760. The third-order valence-electron chi connectivity index (χ3n) is 4.28. The summed E-state index contributed by atoms with van der Waals surface area (Å²) in [6.45, 7) is 3.20. The van der Waals surface area contributed by atoms with Gasteiger partial charge in [0, 0.05) is 44.4 Å². The molecule has 122 valence electrons. The van der Waals surface area contributed by atoms with E-state index in [1.807, 2.05) is 26.2 Å². The molecule has 2 aromatic rings. The standard InChI is InChI=1S/C17H22N4O2/c1-17(7-3-4-9-23-17)16-19-11-13(12-20-16)10-18-15(22)14-6-5-8-21(14)2/h5-6,8,11-12H,3-4,7,9-10H2,1-2H3,(H,18,22)/t17-/m1/s1. The highest BCUT2D eigenvalue weighted by Crippen LogP contribution is 2.32. The highest BCUT2D eigenvalue weighted by Gasteiger charge is 2.32. The first-order valence-corrected chi connectivity index (χ1v) is 7.93. The van der Waals surface area contributed by atoms with E-state index in [0.29, 0.717) is 12.2 Å². The van der Waals surface area contributed by atoms with Crippen LogP contribution < -0.4 is 5.32 Å². The predicted octanol–water partition coefficient (Wildman–Crippen LogP) is 2.16. The molecule has 1 aliphatic heterocycles. The van der Waals surface area contributed by atoms with Gasteiger partial charge in [0.2, 0.25) is 0 Å². The molecule has 1 N–H and O–H groups in total. The molecule has 3 heterocycles. The molecule has 0 aliphatic carbocycles. The lowest BCUT2D eigenvalue weighted by Crippen LogP contribution is -2.32. The van der Waals surface area contributed by atoms with Gasteiger partial charge in [-0.1, -0.05) is 0 Å². The molecule has 1 saturated heterocycles. The van der Waals surface area contributed by atoms with Crippen molar-refractivity contribution < 1.29 is 9.53 Å². The predicted molar refractivity (Wildman–Crippen MR) is 85.8 cm³/mol. The third kappa shape index (κ3) is 3.42. The van der Waals surface area contributed by atoms with E-state index >= 15 is 0 Å². The first kappa shape index (κ1) is 15.7. The molecule has 0 radical (unpaired) electrons. The van der Waals surface area contributed by atoms with E-state index in [-0.39, 0.29) is 11.5 Å². The Morgan fingerprint density at radius 1 is 1.39 bits per heavy atom. The Bertz CT molecular complexity index is 672. The van der Waals surface area contributed by atoms with Crippen LogP contribution in [0, 0.1) is 0 Å². The largest absolute Gasteiger partial charge is 0.367 e. The summed E-state index contributed by atoms with van der Waals surface area (Å²) in [4.78, 5) is 21.0. The summed E-state index contributed by atoms with van der Waals surface area (Å²) >= 11 is 0. The van der Waals surface area contributed by atoms with Gasteiger partial charge in [0.1, 0.15) is 11.3 Å². The van der Waals surface area contributed by atoms with Crippen molar-refractivity contribution in [3.05, 3.63) is 47.8 Å². The molecule has 0 saturated carbocycles. The number of aryl methyl sites for hydroxylation is 1. The van der Waals surface area contributed by atoms with Gasteiger partial charge in [-0.15, -0.1) is 0 Å². The Morgan fingerprint density at radius 3 is 2.78 bits per heavy atom. The van der Waals surface area contributed by atoms with Crippen molar-refractivity contribution in [1.82, 2.24) is 19.9 Å². The summed E-state index contributed by atoms with van der Waals surface area (Å²) in [7, 11) is 1.84. The van der Waals surface area contributed by atoms with Crippen molar-refractivity contribution in [2.45, 2.75) is 38.3 Å². The molecule has 1 atom stereocenters. The second-order valence-electron chi connectivity index (χ2n) is 6.14. The van der Waals surface area contributed by atoms with E-state index < -0.39 is 0 Å². The van der Waals surface area contributed by atoms with Crippen molar-refractivity contribution in [1.29, 1.82) is 0 Å². The Kier molecular flexibility index (Phi) is 4.43. The lowest BCUT2D eigenvalue weighted by Gasteiger charge is -2.32. The molecule has 6 nitrogen and oxygen atoms in total. The average Bonchev–Trinajstić information content (AvgIpc) is 3.00. The highest BCUT2D eigenvalue weighted by molar-refractivity contribution is 5.92. The maximum absolute atomic E-state index is 12.1. The lowest BCUT2D eigenvalue weighted by atomic mass is 9.95. The minimum absolute atomic E-state index is 0.107. The van der Waals surface area contributed by atoms with Crippen LogP contribution >= 0.6 is 0 Å². The van der Waals surface area contributed by atoms with Gasteiger partial charge in [0.05, 0.1) is 0 Å². The van der Waals surface area contributed by atoms with Crippen LogP contribution in [0.5, 0.6) is 0 Å². The van der Waals surface area contributed by atoms with Crippen LogP contribution in [0.1, 0.15) is 48.1 Å². The molecular weight excluding hydrogens is 292 g/mol. The topological polar surface area (TPSA) is 69.0 Å². The summed E-state index contributed by atoms with van der Waals surface area (Å²) in [6.07, 6.45) is 8.54. The van der Waals surface area contributed by atoms with Crippen molar-refractivity contribution in [2.75, 3.05) is 6.61 Å². The summed E-state index contributed by atoms with van der Waals surface area (Å²) < 4.78 is 7.64. The highest BCUT2D eigenvalue weighted by atomic mass is 16.5. The van der Waals surface area contributed by atoms with Crippen LogP contribution in [-0.4, -0.2) is 27.0 Å². The zero-order valence-corrected chi connectivity index (χ0v) is 13.6. The van der Waals surface area contributed by atoms with Crippen LogP contribution in [0.3, 0.4) is 0 Å². The molecule has 1 amide bonds. The molecule has 1 aliphatic rings. The number of carbonyl (C=O) groups is 1. The minimum atomic E-state index is -0.386. The van der Waals surface area contributed by atoms with E-state index in [4.69, 9.17) is 4.74 Å². The zero-order valence-electron chi connectivity index (χ0n) is 13.6. The number of ether oxygens (including phenoxy) is 1. The van der Waals surface area contributed by atoms with Gasteiger partial charge >= 0.3 is 0 Å². The Morgan fingerprint density at radius 2 is 2.17 bits per heavy atom. The maximum Gasteiger partial charge on any atom is 0.268 e. The van der Waals surface area contributed by atoms with Gasteiger partial charge in [-0.25, -0.2) is 9.97 Å².